The van der Waals surface area contributed by atoms with Crippen molar-refractivity contribution in [2.24, 2.45) is 5.73 Å². The lowest BCUT2D eigenvalue weighted by atomic mass is 10.00. The molecule has 0 aliphatic carbocycles. The number of aliphatic hydroxyl groups is 1. The molecule has 0 saturated heterocycles. The van der Waals surface area contributed by atoms with Crippen LogP contribution in [0.3, 0.4) is 0 Å². The van der Waals surface area contributed by atoms with E-state index < -0.39 is 17.6 Å². The Kier molecular flexibility index (Phi) is 3.96. The highest BCUT2D eigenvalue weighted by Crippen LogP contribution is 2.29. The number of halogens is 2. The Hall–Kier alpha value is -0.750. The summed E-state index contributed by atoms with van der Waals surface area (Å²) in [5.41, 5.74) is 2.23. The Morgan fingerprint density at radius 3 is 2.21 bits per heavy atom. The lowest BCUT2D eigenvalue weighted by Gasteiger charge is -2.32. The van der Waals surface area contributed by atoms with Crippen molar-refractivity contribution in [1.82, 2.24) is 4.90 Å². The van der Waals surface area contributed by atoms with Gasteiger partial charge in [0.1, 0.15) is 0 Å². The minimum absolute atomic E-state index is 0.267. The first-order chi connectivity index (χ1) is 6.16. The van der Waals surface area contributed by atoms with Crippen molar-refractivity contribution >= 4 is 5.91 Å². The molecule has 0 fully saturated rings. The van der Waals surface area contributed by atoms with Crippen LogP contribution < -0.4 is 5.73 Å². The molecule has 3 N–H and O–H groups in total. The number of hydrogen-bond donors (Lipinski definition) is 2. The van der Waals surface area contributed by atoms with Crippen LogP contribution in [0.25, 0.3) is 0 Å². The van der Waals surface area contributed by atoms with Crippen molar-refractivity contribution < 1.29 is 18.7 Å². The molecule has 0 aromatic rings. The van der Waals surface area contributed by atoms with Gasteiger partial charge in [-0.3, -0.25) is 10.5 Å². The van der Waals surface area contributed by atoms with Gasteiger partial charge in [-0.15, -0.1) is 0 Å². The summed E-state index contributed by atoms with van der Waals surface area (Å²) in [6.45, 7) is 1.59. The van der Waals surface area contributed by atoms with E-state index in [1.165, 1.54) is 14.1 Å². The lowest BCUT2D eigenvalue weighted by Crippen LogP contribution is -2.62. The maximum absolute atomic E-state index is 13.3. The van der Waals surface area contributed by atoms with Crippen LogP contribution in [0.15, 0.2) is 0 Å². The number of carbonyl (C=O) groups excluding carboxylic acids is 1. The predicted octanol–water partition coefficient (Wildman–Crippen LogP) is 0.157. The van der Waals surface area contributed by atoms with Crippen molar-refractivity contribution in [3.05, 3.63) is 0 Å². The molecule has 0 aromatic heterocycles. The van der Waals surface area contributed by atoms with Gasteiger partial charge in [0.2, 0.25) is 0 Å². The summed E-state index contributed by atoms with van der Waals surface area (Å²) >= 11 is 0. The Labute approximate surface area is 81.7 Å². The third-order valence-electron chi connectivity index (χ3n) is 1.85. The first-order valence-corrected chi connectivity index (χ1v) is 4.27. The van der Waals surface area contributed by atoms with E-state index in [4.69, 9.17) is 5.73 Å². The van der Waals surface area contributed by atoms with E-state index in [9.17, 15) is 18.7 Å². The van der Waals surface area contributed by atoms with Gasteiger partial charge in [-0.2, -0.15) is 8.78 Å². The molecule has 1 atom stereocenters. The first-order valence-electron chi connectivity index (χ1n) is 4.27. The van der Waals surface area contributed by atoms with Crippen LogP contribution >= 0.6 is 0 Å². The Morgan fingerprint density at radius 1 is 1.50 bits per heavy atom. The van der Waals surface area contributed by atoms with Gasteiger partial charge in [-0.25, -0.2) is 0 Å². The van der Waals surface area contributed by atoms with Gasteiger partial charge in [-0.05, 0) is 6.42 Å². The predicted molar refractivity (Wildman–Crippen MR) is 47.7 cm³/mol. The summed E-state index contributed by atoms with van der Waals surface area (Å²) in [6, 6.07) is 0. The number of hydrogen-bond acceptors (Lipinski definition) is 3. The molecular formula is C8H16F2N2O2. The van der Waals surface area contributed by atoms with Gasteiger partial charge in [0.25, 0.3) is 5.91 Å². The smallest absolute Gasteiger partial charge is 0.365 e. The lowest BCUT2D eigenvalue weighted by molar-refractivity contribution is -0.200. The van der Waals surface area contributed by atoms with Crippen LogP contribution in [-0.2, 0) is 4.79 Å². The monoisotopic (exact) mass is 210 g/mol. The summed E-state index contributed by atoms with van der Waals surface area (Å²) in [7, 11) is 2.36. The molecule has 0 radical (unpaired) electrons. The van der Waals surface area contributed by atoms with E-state index in [1.54, 1.807) is 6.92 Å². The van der Waals surface area contributed by atoms with Crippen molar-refractivity contribution in [2.75, 3.05) is 14.1 Å². The van der Waals surface area contributed by atoms with E-state index in [1.807, 2.05) is 0 Å². The first kappa shape index (κ1) is 13.2. The van der Waals surface area contributed by atoms with Crippen LogP contribution in [0.2, 0.25) is 0 Å². The van der Waals surface area contributed by atoms with E-state index >= 15 is 0 Å². The number of nitrogens with zero attached hydrogens (tertiary/aromatic N) is 1. The number of nitrogens with two attached hydrogens (primary N) is 1. The molecule has 0 aromatic carbocycles. The van der Waals surface area contributed by atoms with Gasteiger partial charge in [0.15, 0.2) is 5.72 Å². The fourth-order valence-corrected chi connectivity index (χ4v) is 1.00. The minimum atomic E-state index is -3.95. The van der Waals surface area contributed by atoms with Gasteiger partial charge in [0.05, 0.1) is 0 Å². The standard InChI is InChI=1S/C8H16F2N2O2/c1-4-5-7(11,14)8(9,10)6(13)12(2)3/h14H,4-5,11H2,1-3H3. The van der Waals surface area contributed by atoms with Crippen molar-refractivity contribution in [3.63, 3.8) is 0 Å². The van der Waals surface area contributed by atoms with Gasteiger partial charge in [0, 0.05) is 14.1 Å². The average molecular weight is 210 g/mol. The largest absolute Gasteiger partial charge is 0.370 e. The molecule has 0 aliphatic rings. The van der Waals surface area contributed by atoms with E-state index in [0.717, 1.165) is 0 Å². The summed E-state index contributed by atoms with van der Waals surface area (Å²) in [6.07, 6.45) is -0.0666. The minimum Gasteiger partial charge on any atom is -0.370 e. The van der Waals surface area contributed by atoms with E-state index in [-0.39, 0.29) is 12.8 Å². The number of amides is 1. The highest BCUT2D eigenvalue weighted by atomic mass is 19.3. The van der Waals surface area contributed by atoms with Crippen molar-refractivity contribution in [3.8, 4) is 0 Å². The topological polar surface area (TPSA) is 66.6 Å². The normalized spacial score (nSPS) is 16.2. The quantitative estimate of drug-likeness (QED) is 0.649. The highest BCUT2D eigenvalue weighted by Gasteiger charge is 2.56. The third-order valence-corrected chi connectivity index (χ3v) is 1.85. The second kappa shape index (κ2) is 4.18. The summed E-state index contributed by atoms with van der Waals surface area (Å²) in [4.78, 5) is 11.7. The fraction of sp³-hybridized carbons (Fsp3) is 0.875. The maximum atomic E-state index is 13.3. The van der Waals surface area contributed by atoms with Crippen LogP contribution in [0.5, 0.6) is 0 Å². The molecule has 0 rings (SSSR count). The van der Waals surface area contributed by atoms with Crippen LogP contribution in [0.1, 0.15) is 19.8 Å². The summed E-state index contributed by atoms with van der Waals surface area (Å²) in [5, 5.41) is 9.24. The number of rotatable bonds is 4. The molecule has 0 heterocycles. The zero-order valence-electron chi connectivity index (χ0n) is 8.55. The molecule has 84 valence electrons. The second-order valence-electron chi connectivity index (χ2n) is 3.45. The van der Waals surface area contributed by atoms with Crippen molar-refractivity contribution in [1.29, 1.82) is 0 Å². The van der Waals surface area contributed by atoms with Gasteiger partial charge in [-0.1, -0.05) is 13.3 Å². The fourth-order valence-electron chi connectivity index (χ4n) is 1.00. The summed E-state index contributed by atoms with van der Waals surface area (Å²) in [5.74, 6) is -5.44. The SMILES string of the molecule is CCCC(N)(O)C(F)(F)C(=O)N(C)C. The molecular weight excluding hydrogens is 194 g/mol. The molecule has 6 heteroatoms. The van der Waals surface area contributed by atoms with Crippen molar-refractivity contribution in [2.45, 2.75) is 31.4 Å². The molecule has 1 amide bonds. The Bertz CT molecular complexity index is 217. The zero-order valence-corrected chi connectivity index (χ0v) is 8.55. The molecule has 1 unspecified atom stereocenters. The molecule has 4 nitrogen and oxygen atoms in total. The Morgan fingerprint density at radius 2 is 1.93 bits per heavy atom. The third kappa shape index (κ3) is 2.39. The molecule has 0 bridgehead atoms. The molecule has 0 aliphatic heterocycles. The zero-order chi connectivity index (χ0) is 11.6. The highest BCUT2D eigenvalue weighted by molar-refractivity contribution is 5.84. The average Bonchev–Trinajstić information content (AvgIpc) is 2.02. The van der Waals surface area contributed by atoms with Gasteiger partial charge < -0.3 is 10.0 Å². The van der Waals surface area contributed by atoms with Gasteiger partial charge >= 0.3 is 5.92 Å². The molecule has 0 saturated carbocycles. The van der Waals surface area contributed by atoms with E-state index in [0.29, 0.717) is 4.90 Å². The van der Waals surface area contributed by atoms with E-state index in [2.05, 4.69) is 0 Å². The van der Waals surface area contributed by atoms with Crippen LogP contribution in [0.4, 0.5) is 8.78 Å². The molecule has 14 heavy (non-hydrogen) atoms. The number of carbonyl (C=O) groups is 1. The molecule has 0 spiro atoms. The Balaban J connectivity index is 4.84. The second-order valence-corrected chi connectivity index (χ2v) is 3.45. The number of alkyl halides is 2. The maximum Gasteiger partial charge on any atom is 0.365 e. The summed E-state index contributed by atoms with van der Waals surface area (Å²) < 4.78 is 26.5. The van der Waals surface area contributed by atoms with Crippen LogP contribution in [0, 0.1) is 0 Å². The van der Waals surface area contributed by atoms with Crippen LogP contribution in [-0.4, -0.2) is 41.7 Å².